The zero-order chi connectivity index (χ0) is 34.1. The molecule has 0 aliphatic carbocycles. The van der Waals surface area contributed by atoms with Gasteiger partial charge in [-0.05, 0) is 61.5 Å². The molecule has 1 aromatic heterocycles. The van der Waals surface area contributed by atoms with E-state index >= 15 is 4.39 Å². The van der Waals surface area contributed by atoms with Crippen LogP contribution in [0.25, 0.3) is 5.69 Å². The molecule has 0 unspecified atom stereocenters. The maximum atomic E-state index is 15.3. The predicted octanol–water partition coefficient (Wildman–Crippen LogP) is 2.24. The Morgan fingerprint density at radius 3 is 2.60 bits per heavy atom. The molecule has 18 heteroatoms. The monoisotopic (exact) mass is 671 g/mol. The van der Waals surface area contributed by atoms with Crippen LogP contribution in [-0.4, -0.2) is 123 Å². The van der Waals surface area contributed by atoms with Crippen LogP contribution >= 0.6 is 0 Å². The van der Waals surface area contributed by atoms with Gasteiger partial charge < -0.3 is 33.9 Å². The Morgan fingerprint density at radius 2 is 1.92 bits per heavy atom. The molecule has 4 heterocycles. The average Bonchev–Trinajstić information content (AvgIpc) is 3.87. The summed E-state index contributed by atoms with van der Waals surface area (Å²) in [6.07, 6.45) is 1.50. The first kappa shape index (κ1) is 33.0. The number of carbonyl (C=O) groups excluding carboxylic acids is 2. The van der Waals surface area contributed by atoms with E-state index in [1.165, 1.54) is 32.2 Å². The number of amides is 2. The zero-order valence-electron chi connectivity index (χ0n) is 26.5. The number of rotatable bonds is 11. The van der Waals surface area contributed by atoms with Crippen LogP contribution in [0, 0.1) is 11.6 Å². The highest BCUT2D eigenvalue weighted by atomic mass is 19.1. The molecule has 0 spiro atoms. The summed E-state index contributed by atoms with van der Waals surface area (Å²) in [6.45, 7) is 5.41. The largest absolute Gasteiger partial charge is 0.510 e. The first-order valence-electron chi connectivity index (χ1n) is 15.2. The average molecular weight is 672 g/mol. The van der Waals surface area contributed by atoms with Crippen LogP contribution in [0.3, 0.4) is 0 Å². The number of carbonyl (C=O) groups is 2. The number of halogens is 2. The van der Waals surface area contributed by atoms with Gasteiger partial charge >= 0.3 is 12.2 Å². The number of hydrazone groups is 1. The summed E-state index contributed by atoms with van der Waals surface area (Å²) in [5.74, 6) is -2.54. The summed E-state index contributed by atoms with van der Waals surface area (Å²) in [7, 11) is 0. The van der Waals surface area contributed by atoms with Gasteiger partial charge in [0.15, 0.2) is 12.5 Å². The molecule has 6 rings (SSSR count). The maximum absolute atomic E-state index is 15.3. The Morgan fingerprint density at radius 1 is 1.15 bits per heavy atom. The zero-order valence-corrected chi connectivity index (χ0v) is 26.5. The number of aliphatic hydroxyl groups is 1. The highest BCUT2D eigenvalue weighted by molar-refractivity contribution is 5.94. The molecular weight excluding hydrogens is 636 g/mol. The molecule has 3 aromatic rings. The van der Waals surface area contributed by atoms with E-state index in [-0.39, 0.29) is 45.3 Å². The molecule has 2 aromatic carbocycles. The number of urea groups is 1. The van der Waals surface area contributed by atoms with E-state index in [9.17, 15) is 19.1 Å². The second-order valence-electron chi connectivity index (χ2n) is 12.0. The lowest BCUT2D eigenvalue weighted by Crippen LogP contribution is -2.55. The second-order valence-corrected chi connectivity index (χ2v) is 12.0. The van der Waals surface area contributed by atoms with Gasteiger partial charge in [-0.2, -0.15) is 5.10 Å². The van der Waals surface area contributed by atoms with Crippen molar-refractivity contribution in [3.05, 3.63) is 66.0 Å². The summed E-state index contributed by atoms with van der Waals surface area (Å²) in [4.78, 5) is 30.4. The number of anilines is 1. The number of ether oxygens (including phenoxy) is 4. The fourth-order valence-corrected chi connectivity index (χ4v) is 5.81. The van der Waals surface area contributed by atoms with E-state index < -0.39 is 47.4 Å². The normalized spacial score (nSPS) is 20.8. The van der Waals surface area contributed by atoms with Crippen molar-refractivity contribution in [2.24, 2.45) is 5.10 Å². The van der Waals surface area contributed by atoms with E-state index in [2.05, 4.69) is 20.6 Å². The van der Waals surface area contributed by atoms with Gasteiger partial charge in [0, 0.05) is 30.4 Å². The lowest BCUT2D eigenvalue weighted by Gasteiger charge is -2.41. The van der Waals surface area contributed by atoms with Crippen LogP contribution in [-0.2, 0) is 24.5 Å². The first-order chi connectivity index (χ1) is 22.9. The van der Waals surface area contributed by atoms with Gasteiger partial charge in [-0.25, -0.2) is 23.1 Å². The smallest absolute Gasteiger partial charge is 0.431 e. The van der Waals surface area contributed by atoms with Crippen molar-refractivity contribution in [2.45, 2.75) is 44.3 Å². The van der Waals surface area contributed by atoms with Crippen LogP contribution in [0.2, 0.25) is 0 Å². The molecule has 48 heavy (non-hydrogen) atoms. The summed E-state index contributed by atoms with van der Waals surface area (Å²) < 4.78 is 52.0. The number of aromatic nitrogens is 4. The van der Waals surface area contributed by atoms with Crippen LogP contribution in [0.15, 0.2) is 53.9 Å². The Kier molecular flexibility index (Phi) is 9.13. The van der Waals surface area contributed by atoms with E-state index in [0.29, 0.717) is 24.0 Å². The molecule has 1 N–H and O–H groups in total. The molecule has 3 atom stereocenters. The van der Waals surface area contributed by atoms with Gasteiger partial charge in [-0.3, -0.25) is 9.91 Å². The summed E-state index contributed by atoms with van der Waals surface area (Å²) in [5.41, 5.74) is -0.947. The molecule has 2 saturated heterocycles. The number of hydrogen-bond acceptors (Lipinski definition) is 13. The highest BCUT2D eigenvalue weighted by Crippen LogP contribution is 2.35. The van der Waals surface area contributed by atoms with E-state index in [1.807, 2.05) is 0 Å². The quantitative estimate of drug-likeness (QED) is 0.297. The third-order valence-electron chi connectivity index (χ3n) is 8.32. The van der Waals surface area contributed by atoms with Crippen molar-refractivity contribution in [3.8, 4) is 5.69 Å². The van der Waals surface area contributed by atoms with Crippen molar-refractivity contribution in [1.29, 1.82) is 0 Å². The van der Waals surface area contributed by atoms with Crippen molar-refractivity contribution in [2.75, 3.05) is 51.1 Å². The number of hydrogen-bond donors (Lipinski definition) is 1. The lowest BCUT2D eigenvalue weighted by atomic mass is 9.85. The second kappa shape index (κ2) is 13.3. The van der Waals surface area contributed by atoms with Gasteiger partial charge in [0.25, 0.3) is 0 Å². The molecule has 16 nitrogen and oxygen atoms in total. The molecule has 2 amide bonds. The molecule has 3 aliphatic heterocycles. The highest BCUT2D eigenvalue weighted by Gasteiger charge is 2.47. The van der Waals surface area contributed by atoms with Gasteiger partial charge in [0.05, 0.1) is 24.9 Å². The molecule has 2 fully saturated rings. The topological polar surface area (TPSA) is 160 Å². The molecule has 256 valence electrons. The molecular formula is C30H35F2N9O7. The first-order valence-corrected chi connectivity index (χ1v) is 15.2. The number of benzene rings is 2. The van der Waals surface area contributed by atoms with Crippen molar-refractivity contribution < 1.29 is 42.4 Å². The third kappa shape index (κ3) is 6.99. The van der Waals surface area contributed by atoms with Gasteiger partial charge in [-0.15, -0.1) is 5.10 Å². The van der Waals surface area contributed by atoms with Crippen LogP contribution in [0.5, 0.6) is 0 Å². The summed E-state index contributed by atoms with van der Waals surface area (Å²) in [5, 5.41) is 29.0. The Bertz CT molecular complexity index is 1650. The van der Waals surface area contributed by atoms with Crippen molar-refractivity contribution in [1.82, 2.24) is 35.0 Å². The molecule has 0 saturated carbocycles. The van der Waals surface area contributed by atoms with Crippen LogP contribution in [0.1, 0.15) is 26.3 Å². The SMILES string of the molecule is C[C@@H](N1CCN(c2ccc(-n3cnnn3)cc2)C1=O)[C@](O)(CN1CN(COC(=O)OC[C@@H]2COC(C)(C)O2)C=N1)c1ccc(F)cc1F. The third-order valence-corrected chi connectivity index (χ3v) is 8.32. The summed E-state index contributed by atoms with van der Waals surface area (Å²) >= 11 is 0. The molecule has 0 radical (unpaired) electrons. The number of β-amino-alcohol motifs (C(OH)–C–C–N with tert-alkyl or cyclic N) is 1. The Hall–Kier alpha value is -4.94. The lowest BCUT2D eigenvalue weighted by molar-refractivity contribution is -0.143. The number of nitrogens with zero attached hydrogens (tertiary/aromatic N) is 9. The van der Waals surface area contributed by atoms with Crippen LogP contribution in [0.4, 0.5) is 24.1 Å². The number of tetrazole rings is 1. The minimum absolute atomic E-state index is 0.0463. The maximum Gasteiger partial charge on any atom is 0.510 e. The van der Waals surface area contributed by atoms with E-state index in [1.54, 1.807) is 49.9 Å². The van der Waals surface area contributed by atoms with Gasteiger partial charge in [0.1, 0.15) is 49.3 Å². The predicted molar refractivity (Wildman–Crippen MR) is 162 cm³/mol. The fraction of sp³-hybridized carbons (Fsp3) is 0.467. The summed E-state index contributed by atoms with van der Waals surface area (Å²) in [6, 6.07) is 8.51. The molecule has 0 bridgehead atoms. The minimum Gasteiger partial charge on any atom is -0.431 e. The standard InChI is InChI=1S/C30H35F2N9O7/c1-20(39-10-11-40(27(39)42)22-5-7-23(8-6-22)41-16-33-35-36-41)30(44,25-9-4-21(31)12-26(25)32)15-38-18-37(17-34-38)19-46-28(43)45-13-24-14-47-29(2,3)48-24/h4-9,12,16-17,20,24,44H,10-11,13-15,18-19H2,1-3H3/t20-,24-,30-/m1/s1. The van der Waals surface area contributed by atoms with Crippen molar-refractivity contribution >= 4 is 24.2 Å². The van der Waals surface area contributed by atoms with E-state index in [0.717, 1.165) is 12.1 Å². The van der Waals surface area contributed by atoms with Crippen molar-refractivity contribution in [3.63, 3.8) is 0 Å². The van der Waals surface area contributed by atoms with Crippen LogP contribution < -0.4 is 4.90 Å². The molecule has 3 aliphatic rings. The van der Waals surface area contributed by atoms with Gasteiger partial charge in [0.2, 0.25) is 0 Å². The minimum atomic E-state index is -2.04. The Balaban J connectivity index is 1.10. The Labute approximate surface area is 274 Å². The fourth-order valence-electron chi connectivity index (χ4n) is 5.81. The van der Waals surface area contributed by atoms with Gasteiger partial charge in [-0.1, -0.05) is 6.07 Å². The van der Waals surface area contributed by atoms with E-state index in [4.69, 9.17) is 18.9 Å².